The van der Waals surface area contributed by atoms with Gasteiger partial charge in [0.1, 0.15) is 6.54 Å². The first-order chi connectivity index (χ1) is 8.94. The molecule has 20 heavy (non-hydrogen) atoms. The van der Waals surface area contributed by atoms with Gasteiger partial charge >= 0.3 is 17.9 Å². The molecule has 0 radical (unpaired) electrons. The molecule has 9 heteroatoms. The van der Waals surface area contributed by atoms with E-state index in [-0.39, 0.29) is 6.54 Å². The molecule has 9 nitrogen and oxygen atoms in total. The van der Waals surface area contributed by atoms with Gasteiger partial charge in [-0.25, -0.2) is 9.59 Å². The van der Waals surface area contributed by atoms with Crippen molar-refractivity contribution in [3.8, 4) is 0 Å². The summed E-state index contributed by atoms with van der Waals surface area (Å²) in [5.41, 5.74) is 0. The number of aliphatic hydroxyl groups is 2. The molecule has 0 saturated heterocycles. The molecule has 0 aromatic carbocycles. The van der Waals surface area contributed by atoms with Gasteiger partial charge in [-0.05, 0) is 0 Å². The molecule has 4 N–H and O–H groups in total. The van der Waals surface area contributed by atoms with Gasteiger partial charge in [0.25, 0.3) is 0 Å². The fourth-order valence-corrected chi connectivity index (χ4v) is 1.45. The molecule has 0 fully saturated rings. The van der Waals surface area contributed by atoms with E-state index in [4.69, 9.17) is 20.1 Å². The first kappa shape index (κ1) is 18.3. The molecule has 3 atom stereocenters. The highest BCUT2D eigenvalue weighted by Crippen LogP contribution is 2.08. The van der Waals surface area contributed by atoms with Gasteiger partial charge in [0.15, 0.2) is 18.3 Å². The largest absolute Gasteiger partial charge is 0.481 e. The molecule has 0 aromatic heterocycles. The van der Waals surface area contributed by atoms with E-state index in [1.54, 1.807) is 21.1 Å². The van der Waals surface area contributed by atoms with Gasteiger partial charge in [0.05, 0.1) is 27.6 Å². The van der Waals surface area contributed by atoms with E-state index >= 15 is 0 Å². The molecule has 0 heterocycles. The Bertz CT molecular complexity index is 375. The van der Waals surface area contributed by atoms with Crippen molar-refractivity contribution in [3.63, 3.8) is 0 Å². The Hall–Kier alpha value is -1.71. The Balaban J connectivity index is 4.76. The summed E-state index contributed by atoms with van der Waals surface area (Å²) in [4.78, 5) is 32.6. The quantitative estimate of drug-likeness (QED) is 0.294. The molecule has 0 unspecified atom stereocenters. The minimum Gasteiger partial charge on any atom is -0.481 e. The van der Waals surface area contributed by atoms with Gasteiger partial charge in [-0.15, -0.1) is 0 Å². The summed E-state index contributed by atoms with van der Waals surface area (Å²) >= 11 is 0. The van der Waals surface area contributed by atoms with Crippen LogP contribution in [0, 0.1) is 0 Å². The molecule has 0 aliphatic carbocycles. The van der Waals surface area contributed by atoms with Gasteiger partial charge in [0.2, 0.25) is 0 Å². The normalized spacial score (nSPS) is 16.1. The van der Waals surface area contributed by atoms with E-state index in [9.17, 15) is 19.5 Å². The number of carboxylic acid groups (broad SMARTS) is 2. The predicted molar refractivity (Wildman–Crippen MR) is 64.7 cm³/mol. The second kappa shape index (κ2) is 7.17. The monoisotopic (exact) mass is 294 g/mol. The Labute approximate surface area is 115 Å². The number of quaternary nitrogens is 1. The molecule has 0 aromatic rings. The highest BCUT2D eigenvalue weighted by molar-refractivity contribution is 5.84. The van der Waals surface area contributed by atoms with E-state index in [0.717, 1.165) is 0 Å². The number of rotatable bonds is 8. The zero-order valence-electron chi connectivity index (χ0n) is 11.5. The van der Waals surface area contributed by atoms with E-state index in [1.165, 1.54) is 0 Å². The van der Waals surface area contributed by atoms with Gasteiger partial charge in [0, 0.05) is 0 Å². The summed E-state index contributed by atoms with van der Waals surface area (Å²) in [6, 6.07) is 0. The van der Waals surface area contributed by atoms with Crippen molar-refractivity contribution in [2.75, 3.05) is 27.7 Å². The van der Waals surface area contributed by atoms with Crippen LogP contribution < -0.4 is 0 Å². The van der Waals surface area contributed by atoms with Crippen LogP contribution in [0.4, 0.5) is 0 Å². The minimum absolute atomic E-state index is 0.147. The summed E-state index contributed by atoms with van der Waals surface area (Å²) < 4.78 is 5.06. The smallest absolute Gasteiger partial charge is 0.338 e. The topological polar surface area (TPSA) is 141 Å². The fraction of sp³-hybridized carbons (Fsp3) is 0.727. The standard InChI is InChI=1S/C11H19NO8/c1-12(2,3)5-6(4-7(13)14)20-11(19)9(16)8(15)10(17)18/h6,8-9,15-16H,4-5H2,1-3H3,(H-,13,14,17,18)/p+1/t6-,8+,9-/m0/s1. The highest BCUT2D eigenvalue weighted by Gasteiger charge is 2.34. The molecule has 0 rings (SSSR count). The number of aliphatic carboxylic acids is 2. The van der Waals surface area contributed by atoms with E-state index < -0.39 is 42.6 Å². The third kappa shape index (κ3) is 7.02. The van der Waals surface area contributed by atoms with Gasteiger partial charge < -0.3 is 29.6 Å². The molecule has 0 amide bonds. The maximum absolute atomic E-state index is 11.5. The van der Waals surface area contributed by atoms with Crippen molar-refractivity contribution >= 4 is 17.9 Å². The van der Waals surface area contributed by atoms with Crippen molar-refractivity contribution in [2.24, 2.45) is 0 Å². The maximum Gasteiger partial charge on any atom is 0.338 e. The number of carbonyl (C=O) groups is 3. The molecule has 0 aliphatic rings. The number of aliphatic hydroxyl groups excluding tert-OH is 2. The Kier molecular flexibility index (Phi) is 6.56. The summed E-state index contributed by atoms with van der Waals surface area (Å²) in [6.07, 6.45) is -6.12. The van der Waals surface area contributed by atoms with Crippen molar-refractivity contribution in [1.82, 2.24) is 0 Å². The minimum atomic E-state index is -2.32. The van der Waals surface area contributed by atoms with E-state index in [2.05, 4.69) is 0 Å². The summed E-state index contributed by atoms with van der Waals surface area (Å²) in [5, 5.41) is 35.5. The maximum atomic E-state index is 11.5. The predicted octanol–water partition coefficient (Wildman–Crippen LogP) is -2.11. The van der Waals surface area contributed by atoms with E-state index in [1.807, 2.05) is 0 Å². The molecule has 0 aliphatic heterocycles. The zero-order valence-corrected chi connectivity index (χ0v) is 11.5. The Morgan fingerprint density at radius 3 is 1.90 bits per heavy atom. The van der Waals surface area contributed by atoms with Crippen LogP contribution in [0.2, 0.25) is 0 Å². The Morgan fingerprint density at radius 2 is 1.55 bits per heavy atom. The summed E-state index contributed by atoms with van der Waals surface area (Å²) in [7, 11) is 5.22. The average Bonchev–Trinajstić information content (AvgIpc) is 2.23. The SMILES string of the molecule is C[N+](C)(C)C[C@H](CC(=O)O)OC(=O)[C@@H](O)[C@@H](O)C(=O)O. The van der Waals surface area contributed by atoms with Crippen molar-refractivity contribution < 1.29 is 44.0 Å². The molecule has 0 saturated carbocycles. The van der Waals surface area contributed by atoms with Crippen LogP contribution in [0.15, 0.2) is 0 Å². The number of likely N-dealkylation sites (N-methyl/N-ethyl adjacent to an activating group) is 1. The summed E-state index contributed by atoms with van der Waals surface area (Å²) in [5.74, 6) is -4.36. The lowest BCUT2D eigenvalue weighted by Gasteiger charge is -2.29. The lowest BCUT2D eigenvalue weighted by atomic mass is 10.2. The number of esters is 1. The Morgan fingerprint density at radius 1 is 1.05 bits per heavy atom. The van der Waals surface area contributed by atoms with Crippen molar-refractivity contribution in [2.45, 2.75) is 24.7 Å². The van der Waals surface area contributed by atoms with Crippen LogP contribution in [-0.2, 0) is 19.1 Å². The lowest BCUT2D eigenvalue weighted by Crippen LogP contribution is -2.47. The number of hydrogen-bond acceptors (Lipinski definition) is 6. The number of ether oxygens (including phenoxy) is 1. The number of carboxylic acids is 2. The van der Waals surface area contributed by atoms with Crippen molar-refractivity contribution in [1.29, 1.82) is 0 Å². The summed E-state index contributed by atoms with van der Waals surface area (Å²) in [6.45, 7) is 0.147. The zero-order chi connectivity index (χ0) is 16.1. The van der Waals surface area contributed by atoms with Crippen LogP contribution in [-0.4, -0.2) is 88.8 Å². The molecular formula is C11H20NO8+. The average molecular weight is 294 g/mol. The third-order valence-electron chi connectivity index (χ3n) is 2.23. The van der Waals surface area contributed by atoms with Gasteiger partial charge in [-0.1, -0.05) is 0 Å². The van der Waals surface area contributed by atoms with Gasteiger partial charge in [-0.3, -0.25) is 4.79 Å². The molecule has 0 spiro atoms. The van der Waals surface area contributed by atoms with Crippen molar-refractivity contribution in [3.05, 3.63) is 0 Å². The van der Waals surface area contributed by atoms with E-state index in [0.29, 0.717) is 4.48 Å². The second-order valence-electron chi connectivity index (χ2n) is 5.36. The lowest BCUT2D eigenvalue weighted by molar-refractivity contribution is -0.873. The highest BCUT2D eigenvalue weighted by atomic mass is 16.6. The number of carbonyl (C=O) groups excluding carboxylic acids is 1. The number of hydrogen-bond donors (Lipinski definition) is 4. The van der Waals surface area contributed by atoms with Crippen LogP contribution in [0.5, 0.6) is 0 Å². The fourth-order valence-electron chi connectivity index (χ4n) is 1.45. The van der Waals surface area contributed by atoms with Crippen LogP contribution >= 0.6 is 0 Å². The van der Waals surface area contributed by atoms with Crippen LogP contribution in [0.25, 0.3) is 0 Å². The van der Waals surface area contributed by atoms with Crippen LogP contribution in [0.1, 0.15) is 6.42 Å². The molecule has 0 bridgehead atoms. The second-order valence-corrected chi connectivity index (χ2v) is 5.36. The first-order valence-corrected chi connectivity index (χ1v) is 5.75. The van der Waals surface area contributed by atoms with Gasteiger partial charge in [-0.2, -0.15) is 0 Å². The third-order valence-corrected chi connectivity index (χ3v) is 2.23. The first-order valence-electron chi connectivity index (χ1n) is 5.75. The number of nitrogens with zero attached hydrogens (tertiary/aromatic N) is 1. The van der Waals surface area contributed by atoms with Crippen LogP contribution in [0.3, 0.4) is 0 Å². The molecular weight excluding hydrogens is 274 g/mol. The molecule has 116 valence electrons.